The Hall–Kier alpha value is -2.16. The van der Waals surface area contributed by atoms with Crippen molar-refractivity contribution in [2.75, 3.05) is 13.2 Å². The van der Waals surface area contributed by atoms with Gasteiger partial charge < -0.3 is 10.1 Å². The summed E-state index contributed by atoms with van der Waals surface area (Å²) < 4.78 is 32.7. The summed E-state index contributed by atoms with van der Waals surface area (Å²) in [7, 11) is -3.68. The van der Waals surface area contributed by atoms with Crippen LogP contribution in [0.5, 0.6) is 0 Å². The fraction of sp³-hybridized carbons (Fsp3) is 0.368. The lowest BCUT2D eigenvalue weighted by atomic mass is 10.1. The first-order valence-corrected chi connectivity index (χ1v) is 10.9. The minimum Gasteiger partial charge on any atom is -0.448 e. The number of halogens is 1. The second kappa shape index (κ2) is 9.36. The average molecular weight is 424 g/mol. The summed E-state index contributed by atoms with van der Waals surface area (Å²) in [5.74, 6) is 0. The first-order chi connectivity index (χ1) is 13.5. The summed E-state index contributed by atoms with van der Waals surface area (Å²) in [5.41, 5.74) is 0.712. The van der Waals surface area contributed by atoms with Crippen molar-refractivity contribution in [1.82, 2.24) is 14.6 Å². The molecule has 1 saturated heterocycles. The van der Waals surface area contributed by atoms with E-state index in [1.165, 1.54) is 16.4 Å². The van der Waals surface area contributed by atoms with E-state index in [1.807, 2.05) is 6.07 Å². The third kappa shape index (κ3) is 5.21. The second-order valence-corrected chi connectivity index (χ2v) is 8.82. The molecule has 1 N–H and O–H groups in total. The minimum absolute atomic E-state index is 0.000864. The molecule has 28 heavy (non-hydrogen) atoms. The third-order valence-electron chi connectivity index (χ3n) is 4.54. The quantitative estimate of drug-likeness (QED) is 0.770. The maximum absolute atomic E-state index is 13.0. The van der Waals surface area contributed by atoms with Gasteiger partial charge in [-0.3, -0.25) is 4.98 Å². The van der Waals surface area contributed by atoms with Crippen LogP contribution >= 0.6 is 11.6 Å². The van der Waals surface area contributed by atoms with Gasteiger partial charge in [-0.25, -0.2) is 13.2 Å². The predicted octanol–water partition coefficient (Wildman–Crippen LogP) is 3.20. The highest BCUT2D eigenvalue weighted by Gasteiger charge is 2.34. The van der Waals surface area contributed by atoms with Gasteiger partial charge in [0.25, 0.3) is 0 Å². The Bertz CT molecular complexity index is 891. The van der Waals surface area contributed by atoms with E-state index in [2.05, 4.69) is 10.3 Å². The summed E-state index contributed by atoms with van der Waals surface area (Å²) >= 11 is 5.86. The van der Waals surface area contributed by atoms with Gasteiger partial charge in [0.05, 0.1) is 23.2 Å². The van der Waals surface area contributed by atoms with Crippen molar-refractivity contribution in [1.29, 1.82) is 0 Å². The van der Waals surface area contributed by atoms with Gasteiger partial charge in [-0.1, -0.05) is 24.1 Å². The molecule has 0 saturated carbocycles. The number of piperidine rings is 1. The molecule has 2 heterocycles. The molecule has 0 aliphatic carbocycles. The average Bonchev–Trinajstić information content (AvgIpc) is 2.72. The monoisotopic (exact) mass is 423 g/mol. The van der Waals surface area contributed by atoms with Gasteiger partial charge in [-0.05, 0) is 49.2 Å². The number of amides is 1. The van der Waals surface area contributed by atoms with E-state index in [4.69, 9.17) is 16.3 Å². The number of hydrogen-bond donors (Lipinski definition) is 1. The highest BCUT2D eigenvalue weighted by atomic mass is 35.5. The number of nitrogens with one attached hydrogen (secondary N) is 1. The van der Waals surface area contributed by atoms with Crippen molar-refractivity contribution < 1.29 is 17.9 Å². The van der Waals surface area contributed by atoms with E-state index in [0.717, 1.165) is 12.8 Å². The minimum atomic E-state index is -3.68. The number of nitrogens with zero attached hydrogens (tertiary/aromatic N) is 2. The highest BCUT2D eigenvalue weighted by Crippen LogP contribution is 2.26. The molecule has 1 aliphatic rings. The predicted molar refractivity (Wildman–Crippen MR) is 105 cm³/mol. The number of sulfonamides is 1. The number of ether oxygens (including phenoxy) is 1. The number of carbonyl (C=O) groups is 1. The number of benzene rings is 1. The number of pyridine rings is 1. The molecular weight excluding hydrogens is 402 g/mol. The van der Waals surface area contributed by atoms with Gasteiger partial charge >= 0.3 is 6.09 Å². The maximum atomic E-state index is 13.0. The zero-order valence-corrected chi connectivity index (χ0v) is 16.8. The van der Waals surface area contributed by atoms with E-state index in [9.17, 15) is 13.2 Å². The van der Waals surface area contributed by atoms with E-state index >= 15 is 0 Å². The van der Waals surface area contributed by atoms with Crippen LogP contribution in [0.1, 0.15) is 25.0 Å². The maximum Gasteiger partial charge on any atom is 0.407 e. The first kappa shape index (κ1) is 20.6. The molecule has 0 unspecified atom stereocenters. The molecule has 0 radical (unpaired) electrons. The molecule has 7 nitrogen and oxygen atoms in total. The number of alkyl carbamates (subject to hydrolysis) is 1. The standard InChI is InChI=1S/C19H22ClN3O4S/c20-15-7-9-18(10-8-15)28(25,26)23-12-4-2-6-17(23)14-27-19(24)22-13-16-5-1-3-11-21-16/h1,3,5,7-11,17H,2,4,6,12-14H2,(H,22,24)/t17-/m1/s1. The first-order valence-electron chi connectivity index (χ1n) is 9.05. The Morgan fingerprint density at radius 3 is 2.71 bits per heavy atom. The van der Waals surface area contributed by atoms with Gasteiger partial charge in [-0.2, -0.15) is 4.31 Å². The second-order valence-electron chi connectivity index (χ2n) is 6.49. The Kier molecular flexibility index (Phi) is 6.88. The summed E-state index contributed by atoms with van der Waals surface area (Å²) in [5, 5.41) is 3.10. The lowest BCUT2D eigenvalue weighted by molar-refractivity contribution is 0.104. The Morgan fingerprint density at radius 1 is 1.21 bits per heavy atom. The zero-order valence-electron chi connectivity index (χ0n) is 15.3. The van der Waals surface area contributed by atoms with Crippen molar-refractivity contribution in [3.05, 3.63) is 59.4 Å². The summed E-state index contributed by atoms with van der Waals surface area (Å²) in [6.45, 7) is 0.645. The molecule has 150 valence electrons. The molecule has 1 aromatic carbocycles. The molecule has 1 amide bonds. The van der Waals surface area contributed by atoms with Crippen LogP contribution in [0.3, 0.4) is 0 Å². The van der Waals surface area contributed by atoms with E-state index in [1.54, 1.807) is 30.5 Å². The summed E-state index contributed by atoms with van der Waals surface area (Å²) in [4.78, 5) is 16.3. The molecule has 9 heteroatoms. The van der Waals surface area contributed by atoms with Gasteiger partial charge in [0.2, 0.25) is 10.0 Å². The molecule has 3 rings (SSSR count). The molecular formula is C19H22ClN3O4S. The lowest BCUT2D eigenvalue weighted by Crippen LogP contribution is -2.46. The molecule has 2 aromatic rings. The molecule has 0 bridgehead atoms. The molecule has 0 spiro atoms. The van der Waals surface area contributed by atoms with Crippen LogP contribution in [0.2, 0.25) is 5.02 Å². The highest BCUT2D eigenvalue weighted by molar-refractivity contribution is 7.89. The summed E-state index contributed by atoms with van der Waals surface area (Å²) in [6.07, 6.45) is 3.34. The normalized spacial score (nSPS) is 17.8. The molecule has 1 fully saturated rings. The number of hydrogen-bond acceptors (Lipinski definition) is 5. The van der Waals surface area contributed by atoms with E-state index in [-0.39, 0.29) is 18.0 Å². The lowest BCUT2D eigenvalue weighted by Gasteiger charge is -2.34. The third-order valence-corrected chi connectivity index (χ3v) is 6.76. The smallest absolute Gasteiger partial charge is 0.407 e. The Labute approximate surface area is 169 Å². The number of carbonyl (C=O) groups excluding carboxylic acids is 1. The van der Waals surface area contributed by atoms with E-state index < -0.39 is 22.2 Å². The van der Waals surface area contributed by atoms with Crippen molar-refractivity contribution in [3.8, 4) is 0 Å². The van der Waals surface area contributed by atoms with Gasteiger partial charge in [0, 0.05) is 17.8 Å². The SMILES string of the molecule is O=C(NCc1ccccn1)OC[C@H]1CCCCN1S(=O)(=O)c1ccc(Cl)cc1. The largest absolute Gasteiger partial charge is 0.448 e. The zero-order chi connectivity index (χ0) is 20.0. The van der Waals surface area contributed by atoms with Crippen LogP contribution in [-0.4, -0.2) is 43.0 Å². The van der Waals surface area contributed by atoms with Crippen LogP contribution in [0, 0.1) is 0 Å². The van der Waals surface area contributed by atoms with Gasteiger partial charge in [-0.15, -0.1) is 0 Å². The fourth-order valence-corrected chi connectivity index (χ4v) is 4.89. The molecule has 1 aromatic heterocycles. The summed E-state index contributed by atoms with van der Waals surface area (Å²) in [6, 6.07) is 11.1. The van der Waals surface area contributed by atoms with Crippen LogP contribution in [-0.2, 0) is 21.3 Å². The van der Waals surface area contributed by atoms with Crippen LogP contribution in [0.15, 0.2) is 53.6 Å². The van der Waals surface area contributed by atoms with Crippen molar-refractivity contribution in [2.45, 2.75) is 36.7 Å². The Morgan fingerprint density at radius 2 is 2.00 bits per heavy atom. The number of aromatic nitrogens is 1. The molecule has 1 aliphatic heterocycles. The van der Waals surface area contributed by atoms with Crippen LogP contribution < -0.4 is 5.32 Å². The van der Waals surface area contributed by atoms with Crippen molar-refractivity contribution in [3.63, 3.8) is 0 Å². The van der Waals surface area contributed by atoms with E-state index in [0.29, 0.717) is 23.7 Å². The topological polar surface area (TPSA) is 88.6 Å². The van der Waals surface area contributed by atoms with Crippen LogP contribution in [0.25, 0.3) is 0 Å². The Balaban J connectivity index is 1.60. The van der Waals surface area contributed by atoms with Crippen molar-refractivity contribution in [2.24, 2.45) is 0 Å². The number of rotatable bonds is 6. The molecule has 1 atom stereocenters. The fourth-order valence-electron chi connectivity index (χ4n) is 3.09. The van der Waals surface area contributed by atoms with Crippen molar-refractivity contribution >= 4 is 27.7 Å². The van der Waals surface area contributed by atoms with Crippen LogP contribution in [0.4, 0.5) is 4.79 Å². The van der Waals surface area contributed by atoms with Gasteiger partial charge in [0.1, 0.15) is 6.61 Å². The van der Waals surface area contributed by atoms with Gasteiger partial charge in [0.15, 0.2) is 0 Å².